The maximum absolute atomic E-state index is 5.97. The van der Waals surface area contributed by atoms with Crippen molar-refractivity contribution in [3.8, 4) is 0 Å². The summed E-state index contributed by atoms with van der Waals surface area (Å²) >= 11 is 0. The fourth-order valence-electron chi connectivity index (χ4n) is 2.38. The Hall–Kier alpha value is -1.28. The lowest BCUT2D eigenvalue weighted by Crippen LogP contribution is -2.20. The van der Waals surface area contributed by atoms with Crippen molar-refractivity contribution in [3.63, 3.8) is 0 Å². The zero-order valence-corrected chi connectivity index (χ0v) is 11.6. The Morgan fingerprint density at radius 2 is 2.00 bits per heavy atom. The quantitative estimate of drug-likeness (QED) is 0.813. The van der Waals surface area contributed by atoms with Gasteiger partial charge in [-0.1, -0.05) is 33.3 Å². The van der Waals surface area contributed by atoms with Gasteiger partial charge in [-0.3, -0.25) is 0 Å². The molecule has 2 rings (SSSR count). The van der Waals surface area contributed by atoms with Gasteiger partial charge in [0.1, 0.15) is 11.3 Å². The number of fused-ring (bicyclic) bond motifs is 1. The number of hydrogen-bond acceptors (Lipinski definition) is 2. The summed E-state index contributed by atoms with van der Waals surface area (Å²) in [7, 11) is 0. The standard InChI is InChI=1S/C16H23NO/c1-4-7-14(17-6-3)16-11-13-10-12(5-2)8-9-15(13)18-16/h8-11,14,17H,4-7H2,1-3H3. The number of hydrogen-bond donors (Lipinski definition) is 1. The van der Waals surface area contributed by atoms with Crippen LogP contribution in [0.2, 0.25) is 0 Å². The molecule has 0 saturated carbocycles. The predicted octanol–water partition coefficient (Wildman–Crippen LogP) is 4.45. The van der Waals surface area contributed by atoms with Crippen molar-refractivity contribution >= 4 is 11.0 Å². The second-order valence-corrected chi connectivity index (χ2v) is 4.77. The van der Waals surface area contributed by atoms with Crippen LogP contribution < -0.4 is 5.32 Å². The molecule has 1 unspecified atom stereocenters. The van der Waals surface area contributed by atoms with Crippen LogP contribution in [0.4, 0.5) is 0 Å². The minimum Gasteiger partial charge on any atom is -0.459 e. The van der Waals surface area contributed by atoms with Crippen molar-refractivity contribution < 1.29 is 4.42 Å². The smallest absolute Gasteiger partial charge is 0.134 e. The Kier molecular flexibility index (Phi) is 4.43. The summed E-state index contributed by atoms with van der Waals surface area (Å²) in [4.78, 5) is 0. The molecule has 2 aromatic rings. The number of rotatable bonds is 6. The maximum atomic E-state index is 5.97. The molecule has 0 aliphatic carbocycles. The molecule has 0 aliphatic rings. The summed E-state index contributed by atoms with van der Waals surface area (Å²) < 4.78 is 5.97. The van der Waals surface area contributed by atoms with Gasteiger partial charge in [0.25, 0.3) is 0 Å². The van der Waals surface area contributed by atoms with Crippen molar-refractivity contribution in [1.82, 2.24) is 5.32 Å². The van der Waals surface area contributed by atoms with E-state index in [9.17, 15) is 0 Å². The van der Waals surface area contributed by atoms with Crippen LogP contribution in [0.1, 0.15) is 51.0 Å². The van der Waals surface area contributed by atoms with Crippen LogP contribution in [0, 0.1) is 0 Å². The first-order valence-electron chi connectivity index (χ1n) is 7.04. The zero-order valence-electron chi connectivity index (χ0n) is 11.6. The van der Waals surface area contributed by atoms with Gasteiger partial charge in [0.05, 0.1) is 6.04 Å². The van der Waals surface area contributed by atoms with Crippen LogP contribution in [0.15, 0.2) is 28.7 Å². The van der Waals surface area contributed by atoms with E-state index < -0.39 is 0 Å². The maximum Gasteiger partial charge on any atom is 0.134 e. The van der Waals surface area contributed by atoms with Gasteiger partial charge in [0, 0.05) is 5.39 Å². The third-order valence-electron chi connectivity index (χ3n) is 3.38. The monoisotopic (exact) mass is 245 g/mol. The van der Waals surface area contributed by atoms with Crippen molar-refractivity contribution in [2.24, 2.45) is 0 Å². The third kappa shape index (κ3) is 2.75. The van der Waals surface area contributed by atoms with Gasteiger partial charge in [-0.2, -0.15) is 0 Å². The van der Waals surface area contributed by atoms with E-state index in [1.807, 2.05) is 0 Å². The van der Waals surface area contributed by atoms with Crippen LogP contribution >= 0.6 is 0 Å². The SMILES string of the molecule is CCCC(NCC)c1cc2cc(CC)ccc2o1. The minimum absolute atomic E-state index is 0.345. The fourth-order valence-corrected chi connectivity index (χ4v) is 2.38. The Labute approximate surface area is 109 Å². The average molecular weight is 245 g/mol. The Morgan fingerprint density at radius 3 is 2.67 bits per heavy atom. The molecular formula is C16H23NO. The zero-order chi connectivity index (χ0) is 13.0. The highest BCUT2D eigenvalue weighted by Gasteiger charge is 2.14. The van der Waals surface area contributed by atoms with E-state index in [2.05, 4.69) is 50.4 Å². The second-order valence-electron chi connectivity index (χ2n) is 4.77. The second kappa shape index (κ2) is 6.05. The molecule has 0 saturated heterocycles. The van der Waals surface area contributed by atoms with Crippen molar-refractivity contribution in [2.75, 3.05) is 6.54 Å². The summed E-state index contributed by atoms with van der Waals surface area (Å²) in [5.74, 6) is 1.07. The van der Waals surface area contributed by atoms with Crippen LogP contribution in [-0.4, -0.2) is 6.54 Å². The molecule has 1 heterocycles. The van der Waals surface area contributed by atoms with Gasteiger partial charge in [-0.15, -0.1) is 0 Å². The number of nitrogens with one attached hydrogen (secondary N) is 1. The Balaban J connectivity index is 2.32. The topological polar surface area (TPSA) is 25.2 Å². The number of furan rings is 1. The van der Waals surface area contributed by atoms with E-state index in [1.165, 1.54) is 10.9 Å². The largest absolute Gasteiger partial charge is 0.459 e. The van der Waals surface area contributed by atoms with Gasteiger partial charge in [-0.05, 0) is 43.1 Å². The molecule has 2 nitrogen and oxygen atoms in total. The average Bonchev–Trinajstić information content (AvgIpc) is 2.81. The molecule has 1 aromatic carbocycles. The molecule has 98 valence electrons. The molecule has 0 fully saturated rings. The minimum atomic E-state index is 0.345. The van der Waals surface area contributed by atoms with E-state index in [0.717, 1.165) is 37.2 Å². The molecule has 0 spiro atoms. The summed E-state index contributed by atoms with van der Waals surface area (Å²) in [5, 5.41) is 4.72. The Morgan fingerprint density at radius 1 is 1.17 bits per heavy atom. The summed E-state index contributed by atoms with van der Waals surface area (Å²) in [6, 6.07) is 9.01. The molecule has 1 atom stereocenters. The molecule has 0 radical (unpaired) electrons. The molecule has 2 heteroatoms. The highest BCUT2D eigenvalue weighted by Crippen LogP contribution is 2.27. The number of aryl methyl sites for hydroxylation is 1. The first kappa shape index (κ1) is 13.2. The summed E-state index contributed by atoms with van der Waals surface area (Å²) in [6.45, 7) is 7.51. The third-order valence-corrected chi connectivity index (χ3v) is 3.38. The first-order chi connectivity index (χ1) is 8.78. The van der Waals surface area contributed by atoms with Gasteiger partial charge in [0.15, 0.2) is 0 Å². The van der Waals surface area contributed by atoms with Gasteiger partial charge in [0.2, 0.25) is 0 Å². The molecule has 0 aliphatic heterocycles. The van der Waals surface area contributed by atoms with Crippen molar-refractivity contribution in [3.05, 3.63) is 35.6 Å². The van der Waals surface area contributed by atoms with Crippen LogP contribution in [0.5, 0.6) is 0 Å². The lowest BCUT2D eigenvalue weighted by Gasteiger charge is -2.13. The van der Waals surface area contributed by atoms with E-state index >= 15 is 0 Å². The van der Waals surface area contributed by atoms with E-state index in [1.54, 1.807) is 0 Å². The number of benzene rings is 1. The highest BCUT2D eigenvalue weighted by molar-refractivity contribution is 5.78. The Bertz CT molecular complexity index is 495. The lowest BCUT2D eigenvalue weighted by atomic mass is 10.1. The fraction of sp³-hybridized carbons (Fsp3) is 0.500. The molecular weight excluding hydrogens is 222 g/mol. The summed E-state index contributed by atoms with van der Waals surface area (Å²) in [5.41, 5.74) is 2.37. The molecule has 18 heavy (non-hydrogen) atoms. The van der Waals surface area contributed by atoms with Crippen LogP contribution in [0.3, 0.4) is 0 Å². The van der Waals surface area contributed by atoms with E-state index in [-0.39, 0.29) is 0 Å². The molecule has 1 aromatic heterocycles. The van der Waals surface area contributed by atoms with Crippen LogP contribution in [-0.2, 0) is 6.42 Å². The van der Waals surface area contributed by atoms with Gasteiger partial charge >= 0.3 is 0 Å². The highest BCUT2D eigenvalue weighted by atomic mass is 16.3. The van der Waals surface area contributed by atoms with Gasteiger partial charge < -0.3 is 9.73 Å². The van der Waals surface area contributed by atoms with Crippen molar-refractivity contribution in [2.45, 2.75) is 46.1 Å². The van der Waals surface area contributed by atoms with E-state index in [0.29, 0.717) is 6.04 Å². The normalized spacial score (nSPS) is 13.1. The first-order valence-corrected chi connectivity index (χ1v) is 7.04. The predicted molar refractivity (Wildman–Crippen MR) is 76.9 cm³/mol. The molecule has 1 N–H and O–H groups in total. The van der Waals surface area contributed by atoms with Crippen molar-refractivity contribution in [1.29, 1.82) is 0 Å². The van der Waals surface area contributed by atoms with Gasteiger partial charge in [-0.25, -0.2) is 0 Å². The summed E-state index contributed by atoms with van der Waals surface area (Å²) in [6.07, 6.45) is 3.35. The lowest BCUT2D eigenvalue weighted by molar-refractivity contribution is 0.414. The molecule has 0 amide bonds. The van der Waals surface area contributed by atoms with E-state index in [4.69, 9.17) is 4.42 Å². The van der Waals surface area contributed by atoms with Crippen LogP contribution in [0.25, 0.3) is 11.0 Å². The molecule has 0 bridgehead atoms.